The van der Waals surface area contributed by atoms with Gasteiger partial charge < -0.3 is 15.2 Å². The van der Waals surface area contributed by atoms with Gasteiger partial charge in [0, 0.05) is 18.9 Å². The summed E-state index contributed by atoms with van der Waals surface area (Å²) >= 11 is 1.61. The Bertz CT molecular complexity index is 1070. The molecule has 0 saturated carbocycles. The summed E-state index contributed by atoms with van der Waals surface area (Å²) in [4.78, 5) is 31.9. The zero-order chi connectivity index (χ0) is 22.7. The summed E-state index contributed by atoms with van der Waals surface area (Å²) in [5, 5.41) is 14.2. The van der Waals surface area contributed by atoms with Crippen LogP contribution in [0.1, 0.15) is 30.8 Å². The van der Waals surface area contributed by atoms with E-state index in [0.29, 0.717) is 6.42 Å². The van der Waals surface area contributed by atoms with Gasteiger partial charge in [-0.15, -0.1) is 11.3 Å². The number of benzene rings is 2. The van der Waals surface area contributed by atoms with Crippen molar-refractivity contribution in [2.45, 2.75) is 51.0 Å². The van der Waals surface area contributed by atoms with Crippen molar-refractivity contribution in [3.05, 3.63) is 65.2 Å². The number of rotatable bonds is 6. The molecule has 7 nitrogen and oxygen atoms in total. The number of fused-ring (bicyclic) bond motifs is 1. The molecular formula is C24H27N3O4S. The highest BCUT2D eigenvalue weighted by atomic mass is 32.1. The molecule has 3 unspecified atom stereocenters. The molecule has 4 rings (SSSR count). The molecule has 3 aromatic rings. The van der Waals surface area contributed by atoms with Crippen molar-refractivity contribution in [1.29, 1.82) is 0 Å². The highest BCUT2D eigenvalue weighted by Gasteiger charge is 2.50. The van der Waals surface area contributed by atoms with E-state index in [-0.39, 0.29) is 31.5 Å². The van der Waals surface area contributed by atoms with E-state index in [1.165, 1.54) is 4.90 Å². The van der Waals surface area contributed by atoms with Crippen LogP contribution in [0.2, 0.25) is 0 Å². The van der Waals surface area contributed by atoms with E-state index in [0.717, 1.165) is 20.8 Å². The lowest BCUT2D eigenvalue weighted by atomic mass is 9.96. The highest BCUT2D eigenvalue weighted by molar-refractivity contribution is 7.18. The Hall–Kier alpha value is -2.97. The maximum absolute atomic E-state index is 13.2. The van der Waals surface area contributed by atoms with Gasteiger partial charge in [-0.1, -0.05) is 42.5 Å². The summed E-state index contributed by atoms with van der Waals surface area (Å²) in [7, 11) is 0. The number of hydrogen-bond donors (Lipinski definition) is 2. The minimum Gasteiger partial charge on any atom is -0.445 e. The van der Waals surface area contributed by atoms with Gasteiger partial charge in [-0.05, 0) is 31.5 Å². The first kappa shape index (κ1) is 22.2. The van der Waals surface area contributed by atoms with Crippen LogP contribution in [0.15, 0.2) is 54.6 Å². The van der Waals surface area contributed by atoms with Gasteiger partial charge in [0.2, 0.25) is 5.91 Å². The van der Waals surface area contributed by atoms with E-state index < -0.39 is 17.7 Å². The van der Waals surface area contributed by atoms with E-state index >= 15 is 0 Å². The minimum atomic E-state index is -1.19. The van der Waals surface area contributed by atoms with Gasteiger partial charge in [-0.25, -0.2) is 9.78 Å². The third-order valence-corrected chi connectivity index (χ3v) is 6.79. The van der Waals surface area contributed by atoms with E-state index in [9.17, 15) is 14.7 Å². The number of thiazole rings is 1. The van der Waals surface area contributed by atoms with Gasteiger partial charge in [0.25, 0.3) is 0 Å². The number of β-amino-alcohol motifs (C(OH)–C–C–N with tert-alkyl or cyclic N) is 1. The van der Waals surface area contributed by atoms with Gasteiger partial charge >= 0.3 is 6.09 Å². The first-order valence-electron chi connectivity index (χ1n) is 10.7. The average Bonchev–Trinajstić information content (AvgIpc) is 3.32. The van der Waals surface area contributed by atoms with Gasteiger partial charge in [-0.2, -0.15) is 0 Å². The molecular weight excluding hydrogens is 426 g/mol. The Morgan fingerprint density at radius 1 is 1.25 bits per heavy atom. The van der Waals surface area contributed by atoms with Gasteiger partial charge in [-0.3, -0.25) is 9.69 Å². The molecule has 32 heavy (non-hydrogen) atoms. The Morgan fingerprint density at radius 2 is 1.97 bits per heavy atom. The van der Waals surface area contributed by atoms with Crippen LogP contribution in [0.5, 0.6) is 0 Å². The molecule has 168 valence electrons. The summed E-state index contributed by atoms with van der Waals surface area (Å²) in [6.07, 6.45) is -0.647. The summed E-state index contributed by atoms with van der Waals surface area (Å²) < 4.78 is 6.54. The van der Waals surface area contributed by atoms with Crippen molar-refractivity contribution >= 4 is 33.6 Å². The van der Waals surface area contributed by atoms with E-state index in [4.69, 9.17) is 4.74 Å². The largest absolute Gasteiger partial charge is 0.445 e. The lowest BCUT2D eigenvalue weighted by Crippen LogP contribution is -2.57. The Kier molecular flexibility index (Phi) is 6.43. The molecule has 2 heterocycles. The third-order valence-electron chi connectivity index (χ3n) is 5.73. The predicted octanol–water partition coefficient (Wildman–Crippen LogP) is 3.51. The number of carbonyl (C=O) groups is 2. The van der Waals surface area contributed by atoms with Crippen LogP contribution in [0.25, 0.3) is 10.2 Å². The molecule has 0 aliphatic carbocycles. The van der Waals surface area contributed by atoms with Crippen LogP contribution in [0.3, 0.4) is 0 Å². The number of amides is 2. The molecule has 3 atom stereocenters. The standard InChI is InChI=1S/C24H27N3O4S/c1-16(12-21-26-19-10-6-7-11-20(19)32-21)25-22(29)24(2)13-18(28)14-27(24)23(30)31-15-17-8-4-3-5-9-17/h3-11,16,18,28H,12-15H2,1-2H3,(H,25,29). The molecule has 0 bridgehead atoms. The highest BCUT2D eigenvalue weighted by Crippen LogP contribution is 2.31. The number of carbonyl (C=O) groups excluding carboxylic acids is 2. The molecule has 0 spiro atoms. The molecule has 1 aliphatic heterocycles. The maximum Gasteiger partial charge on any atom is 0.411 e. The molecule has 0 radical (unpaired) electrons. The maximum atomic E-state index is 13.2. The molecule has 2 aromatic carbocycles. The van der Waals surface area contributed by atoms with Gasteiger partial charge in [0.05, 0.1) is 27.9 Å². The lowest BCUT2D eigenvalue weighted by Gasteiger charge is -2.33. The van der Waals surface area contributed by atoms with Gasteiger partial charge in [0.15, 0.2) is 0 Å². The average molecular weight is 454 g/mol. The second kappa shape index (κ2) is 9.26. The van der Waals surface area contributed by atoms with E-state index in [2.05, 4.69) is 10.3 Å². The Morgan fingerprint density at radius 3 is 2.72 bits per heavy atom. The minimum absolute atomic E-state index is 0.0593. The van der Waals surface area contributed by atoms with Crippen LogP contribution >= 0.6 is 11.3 Å². The van der Waals surface area contributed by atoms with Gasteiger partial charge in [0.1, 0.15) is 12.1 Å². The van der Waals surface area contributed by atoms with Crippen molar-refractivity contribution in [2.24, 2.45) is 0 Å². The number of para-hydroxylation sites is 1. The molecule has 1 aromatic heterocycles. The topological polar surface area (TPSA) is 91.8 Å². The molecule has 1 fully saturated rings. The number of aliphatic hydroxyl groups excluding tert-OH is 1. The Balaban J connectivity index is 1.39. The fourth-order valence-electron chi connectivity index (χ4n) is 4.03. The molecule has 2 amide bonds. The van der Waals surface area contributed by atoms with E-state index in [1.54, 1.807) is 18.3 Å². The number of ether oxygens (including phenoxy) is 1. The van der Waals surface area contributed by atoms with Crippen molar-refractivity contribution in [3.63, 3.8) is 0 Å². The zero-order valence-corrected chi connectivity index (χ0v) is 19.0. The smallest absolute Gasteiger partial charge is 0.411 e. The van der Waals surface area contributed by atoms with Crippen LogP contribution in [0.4, 0.5) is 4.79 Å². The number of nitrogens with zero attached hydrogens (tertiary/aromatic N) is 2. The number of aromatic nitrogens is 1. The summed E-state index contributed by atoms with van der Waals surface area (Å²) in [6, 6.07) is 17.1. The Labute approximate surface area is 191 Å². The predicted molar refractivity (Wildman–Crippen MR) is 123 cm³/mol. The molecule has 1 aliphatic rings. The number of hydrogen-bond acceptors (Lipinski definition) is 6. The SMILES string of the molecule is CC(Cc1nc2ccccc2s1)NC(=O)C1(C)CC(O)CN1C(=O)OCc1ccccc1. The van der Waals surface area contributed by atoms with Crippen molar-refractivity contribution in [1.82, 2.24) is 15.2 Å². The number of likely N-dealkylation sites (tertiary alicyclic amines) is 1. The first-order chi connectivity index (χ1) is 15.3. The summed E-state index contributed by atoms with van der Waals surface area (Å²) in [6.45, 7) is 3.76. The van der Waals surface area contributed by atoms with Crippen molar-refractivity contribution in [2.75, 3.05) is 6.54 Å². The second-order valence-electron chi connectivity index (χ2n) is 8.44. The summed E-state index contributed by atoms with van der Waals surface area (Å²) in [5.41, 5.74) is 0.620. The molecule has 1 saturated heterocycles. The normalized spacial score (nSPS) is 21.5. The quantitative estimate of drug-likeness (QED) is 0.596. The number of aliphatic hydroxyl groups is 1. The molecule has 2 N–H and O–H groups in total. The molecule has 8 heteroatoms. The third kappa shape index (κ3) is 4.76. The van der Waals surface area contributed by atoms with Crippen molar-refractivity contribution in [3.8, 4) is 0 Å². The first-order valence-corrected chi connectivity index (χ1v) is 11.5. The summed E-state index contributed by atoms with van der Waals surface area (Å²) in [5.74, 6) is -0.306. The second-order valence-corrected chi connectivity index (χ2v) is 9.55. The monoisotopic (exact) mass is 453 g/mol. The fourth-order valence-corrected chi connectivity index (χ4v) is 5.13. The lowest BCUT2D eigenvalue weighted by molar-refractivity contribution is -0.131. The van der Waals surface area contributed by atoms with Crippen LogP contribution in [-0.2, 0) is 22.6 Å². The van der Waals surface area contributed by atoms with Crippen molar-refractivity contribution < 1.29 is 19.4 Å². The van der Waals surface area contributed by atoms with Crippen LogP contribution < -0.4 is 5.32 Å². The van der Waals surface area contributed by atoms with Crippen LogP contribution in [-0.4, -0.2) is 51.2 Å². The number of nitrogens with one attached hydrogen (secondary N) is 1. The zero-order valence-electron chi connectivity index (χ0n) is 18.2. The fraction of sp³-hybridized carbons (Fsp3) is 0.375. The van der Waals surface area contributed by atoms with Crippen LogP contribution in [0, 0.1) is 0 Å². The van der Waals surface area contributed by atoms with E-state index in [1.807, 2.05) is 61.5 Å².